The molecule has 5 rings (SSSR count). The molecular weight excluding hydrogens is 458 g/mol. The van der Waals surface area contributed by atoms with Crippen LogP contribution >= 0.6 is 0 Å². The Morgan fingerprint density at radius 1 is 1.03 bits per heavy atom. The van der Waals surface area contributed by atoms with Crippen LogP contribution in [-0.4, -0.2) is 54.7 Å². The fraction of sp³-hybridized carbons (Fsp3) is 0.769. The second-order valence-corrected chi connectivity index (χ2v) is 10.8. The molecule has 1 unspecified atom stereocenters. The lowest BCUT2D eigenvalue weighted by atomic mass is 9.89. The third kappa shape index (κ3) is 5.47. The molecule has 2 fully saturated rings. The summed E-state index contributed by atoms with van der Waals surface area (Å²) < 4.78 is 7.86. The number of hydrogen-bond acceptors (Lipinski definition) is 7. The highest BCUT2D eigenvalue weighted by molar-refractivity contribution is 5.76. The Labute approximate surface area is 212 Å². The molecule has 2 aromatic rings. The molecule has 2 aliphatic heterocycles. The second-order valence-electron chi connectivity index (χ2n) is 10.8. The average molecular weight is 498 g/mol. The van der Waals surface area contributed by atoms with Gasteiger partial charge in [0, 0.05) is 51.7 Å². The number of hydrogen-bond donors (Lipinski definition) is 1. The van der Waals surface area contributed by atoms with Crippen LogP contribution in [0.4, 0.5) is 0 Å². The summed E-state index contributed by atoms with van der Waals surface area (Å²) in [6.07, 6.45) is 13.3. The van der Waals surface area contributed by atoms with E-state index in [2.05, 4.69) is 30.2 Å². The first-order valence-corrected chi connectivity index (χ1v) is 13.9. The van der Waals surface area contributed by atoms with Crippen molar-refractivity contribution in [2.75, 3.05) is 13.1 Å². The zero-order valence-electron chi connectivity index (χ0n) is 21.5. The van der Waals surface area contributed by atoms with Crippen molar-refractivity contribution in [2.24, 2.45) is 0 Å². The van der Waals surface area contributed by atoms with Gasteiger partial charge in [0.25, 0.3) is 0 Å². The van der Waals surface area contributed by atoms with E-state index in [9.17, 15) is 9.59 Å². The first-order valence-electron chi connectivity index (χ1n) is 13.9. The maximum Gasteiger partial charge on any atom is 0.227 e. The Hall–Kier alpha value is -2.78. The summed E-state index contributed by atoms with van der Waals surface area (Å²) >= 11 is 0. The van der Waals surface area contributed by atoms with E-state index in [1.165, 1.54) is 26.2 Å². The molecule has 1 aliphatic carbocycles. The number of amides is 2. The molecule has 0 bridgehead atoms. The van der Waals surface area contributed by atoms with Gasteiger partial charge in [0.1, 0.15) is 17.2 Å². The highest BCUT2D eigenvalue weighted by Gasteiger charge is 2.38. The normalized spacial score (nSPS) is 22.4. The van der Waals surface area contributed by atoms with Crippen molar-refractivity contribution in [3.63, 3.8) is 0 Å². The van der Waals surface area contributed by atoms with Gasteiger partial charge in [-0.3, -0.25) is 9.59 Å². The van der Waals surface area contributed by atoms with Crippen LogP contribution in [-0.2, 0) is 34.5 Å². The van der Waals surface area contributed by atoms with Gasteiger partial charge in [-0.2, -0.15) is 4.98 Å². The highest BCUT2D eigenvalue weighted by Crippen LogP contribution is 2.35. The van der Waals surface area contributed by atoms with Gasteiger partial charge < -0.3 is 19.3 Å². The first kappa shape index (κ1) is 24.9. The predicted molar refractivity (Wildman–Crippen MR) is 132 cm³/mol. The van der Waals surface area contributed by atoms with Crippen molar-refractivity contribution in [3.8, 4) is 0 Å². The van der Waals surface area contributed by atoms with Gasteiger partial charge in [-0.15, -0.1) is 10.2 Å². The molecule has 0 spiro atoms. The SMILES string of the molecule is CC(=O)NC1(c2noc(CCC(=O)N3CCCC(c4nnc5n4CCCCC5)C3)n2)CCCCCC1. The van der Waals surface area contributed by atoms with Crippen molar-refractivity contribution in [3.05, 3.63) is 23.4 Å². The maximum atomic E-state index is 13.1. The molecule has 4 heterocycles. The number of nitrogens with zero attached hydrogens (tertiary/aromatic N) is 6. The molecule has 196 valence electrons. The largest absolute Gasteiger partial charge is 0.343 e. The third-order valence-corrected chi connectivity index (χ3v) is 8.10. The maximum absolute atomic E-state index is 13.1. The minimum absolute atomic E-state index is 0.0809. The number of aryl methyl sites for hydroxylation is 2. The Bertz CT molecular complexity index is 1050. The third-order valence-electron chi connectivity index (χ3n) is 8.10. The number of aromatic nitrogens is 5. The number of carbonyl (C=O) groups is 2. The van der Waals surface area contributed by atoms with Crippen molar-refractivity contribution in [1.82, 2.24) is 35.1 Å². The second kappa shape index (κ2) is 11.1. The van der Waals surface area contributed by atoms with Crippen LogP contribution in [0.3, 0.4) is 0 Å². The number of piperidine rings is 1. The lowest BCUT2D eigenvalue weighted by molar-refractivity contribution is -0.132. The van der Waals surface area contributed by atoms with Gasteiger partial charge in [-0.05, 0) is 38.5 Å². The average Bonchev–Trinajstić information content (AvgIpc) is 3.36. The molecule has 0 aromatic carbocycles. The molecule has 3 aliphatic rings. The molecule has 0 radical (unpaired) electrons. The van der Waals surface area contributed by atoms with Gasteiger partial charge in [0.15, 0.2) is 5.82 Å². The van der Waals surface area contributed by atoms with Gasteiger partial charge in [-0.25, -0.2) is 0 Å². The molecule has 2 amide bonds. The molecule has 1 atom stereocenters. The van der Waals surface area contributed by atoms with Crippen LogP contribution in [0.15, 0.2) is 4.52 Å². The molecule has 1 N–H and O–H groups in total. The minimum Gasteiger partial charge on any atom is -0.343 e. The molecule has 2 aromatic heterocycles. The molecule has 10 nitrogen and oxygen atoms in total. The monoisotopic (exact) mass is 497 g/mol. The Kier molecular flexibility index (Phi) is 7.67. The van der Waals surface area contributed by atoms with E-state index < -0.39 is 5.54 Å². The Morgan fingerprint density at radius 2 is 1.83 bits per heavy atom. The van der Waals surface area contributed by atoms with Crippen molar-refractivity contribution in [1.29, 1.82) is 0 Å². The van der Waals surface area contributed by atoms with Gasteiger partial charge in [-0.1, -0.05) is 37.3 Å². The zero-order valence-corrected chi connectivity index (χ0v) is 21.5. The lowest BCUT2D eigenvalue weighted by Crippen LogP contribution is -2.45. The van der Waals surface area contributed by atoms with E-state index in [-0.39, 0.29) is 17.7 Å². The standard InChI is InChI=1S/C26H39N7O3/c1-19(34)28-26(14-6-2-3-7-15-26)25-27-22(36-31-25)12-13-23(35)32-16-9-10-20(18-32)24-30-29-21-11-5-4-8-17-33(21)24/h20H,2-18H2,1H3,(H,28,34). The number of nitrogens with one attached hydrogen (secondary N) is 1. The van der Waals surface area contributed by atoms with Crippen molar-refractivity contribution >= 4 is 11.8 Å². The van der Waals surface area contributed by atoms with Crippen molar-refractivity contribution < 1.29 is 14.1 Å². The Balaban J connectivity index is 1.20. The molecule has 1 saturated carbocycles. The number of likely N-dealkylation sites (tertiary alicyclic amines) is 1. The summed E-state index contributed by atoms with van der Waals surface area (Å²) in [5, 5.41) is 16.4. The number of fused-ring (bicyclic) bond motifs is 1. The fourth-order valence-electron chi connectivity index (χ4n) is 6.22. The van der Waals surface area contributed by atoms with Crippen LogP contribution in [0.25, 0.3) is 0 Å². The first-order chi connectivity index (χ1) is 17.5. The highest BCUT2D eigenvalue weighted by atomic mass is 16.5. The topological polar surface area (TPSA) is 119 Å². The summed E-state index contributed by atoms with van der Waals surface area (Å²) in [6.45, 7) is 3.99. The summed E-state index contributed by atoms with van der Waals surface area (Å²) in [4.78, 5) is 31.7. The number of carbonyl (C=O) groups excluding carboxylic acids is 2. The molecule has 10 heteroatoms. The number of rotatable bonds is 6. The van der Waals surface area contributed by atoms with Gasteiger partial charge in [0.05, 0.1) is 0 Å². The smallest absolute Gasteiger partial charge is 0.227 e. The molecule has 36 heavy (non-hydrogen) atoms. The quantitative estimate of drug-likeness (QED) is 0.607. The Morgan fingerprint density at radius 3 is 2.64 bits per heavy atom. The zero-order chi connectivity index (χ0) is 25.0. The lowest BCUT2D eigenvalue weighted by Gasteiger charge is -2.32. The van der Waals surface area contributed by atoms with E-state index in [4.69, 9.17) is 4.52 Å². The summed E-state index contributed by atoms with van der Waals surface area (Å²) in [7, 11) is 0. The van der Waals surface area contributed by atoms with E-state index in [0.29, 0.717) is 31.1 Å². The van der Waals surface area contributed by atoms with E-state index >= 15 is 0 Å². The van der Waals surface area contributed by atoms with Crippen LogP contribution < -0.4 is 5.32 Å². The summed E-state index contributed by atoms with van der Waals surface area (Å²) in [6, 6.07) is 0. The van der Waals surface area contributed by atoms with Crippen molar-refractivity contribution in [2.45, 2.75) is 115 Å². The van der Waals surface area contributed by atoms with Crippen LogP contribution in [0.5, 0.6) is 0 Å². The van der Waals surface area contributed by atoms with Crippen LogP contribution in [0.1, 0.15) is 113 Å². The van der Waals surface area contributed by atoms with E-state index in [1.807, 2.05) is 4.90 Å². The van der Waals surface area contributed by atoms with Crippen LogP contribution in [0, 0.1) is 0 Å². The van der Waals surface area contributed by atoms with E-state index in [0.717, 1.165) is 82.5 Å². The molecular formula is C26H39N7O3. The van der Waals surface area contributed by atoms with Gasteiger partial charge in [0.2, 0.25) is 17.7 Å². The van der Waals surface area contributed by atoms with E-state index in [1.54, 1.807) is 0 Å². The van der Waals surface area contributed by atoms with Crippen LogP contribution in [0.2, 0.25) is 0 Å². The fourth-order valence-corrected chi connectivity index (χ4v) is 6.22. The summed E-state index contributed by atoms with van der Waals surface area (Å²) in [5.41, 5.74) is -0.565. The van der Waals surface area contributed by atoms with Gasteiger partial charge >= 0.3 is 0 Å². The minimum atomic E-state index is -0.565. The molecule has 1 saturated heterocycles. The predicted octanol–water partition coefficient (Wildman–Crippen LogP) is 3.41. The summed E-state index contributed by atoms with van der Waals surface area (Å²) in [5.74, 6) is 3.44.